The predicted octanol–water partition coefficient (Wildman–Crippen LogP) is 3.09. The quantitative estimate of drug-likeness (QED) is 0.612. The van der Waals surface area contributed by atoms with Gasteiger partial charge in [0.2, 0.25) is 0 Å². The lowest BCUT2D eigenvalue weighted by molar-refractivity contribution is -0.411. The number of fused-ring (bicyclic) bond motifs is 1. The van der Waals surface area contributed by atoms with Crippen LogP contribution >= 0.6 is 0 Å². The number of amides is 1. The Morgan fingerprint density at radius 2 is 2.15 bits per heavy atom. The molecule has 1 unspecified atom stereocenters. The summed E-state index contributed by atoms with van der Waals surface area (Å²) in [7, 11) is 1.72. The highest BCUT2D eigenvalue weighted by atomic mass is 19.1. The van der Waals surface area contributed by atoms with Gasteiger partial charge in [-0.15, -0.1) is 0 Å². The van der Waals surface area contributed by atoms with Crippen molar-refractivity contribution in [3.8, 4) is 17.0 Å². The minimum absolute atomic E-state index is 0.0508. The SMILES string of the molecule is CCN1CCC1(C)COc1c#[n+]n(C)c1-c1cn2cc(NC(=O)OC(C)(C)C)nc2cc1F. The molecule has 0 aromatic carbocycles. The Labute approximate surface area is 192 Å². The van der Waals surface area contributed by atoms with E-state index in [4.69, 9.17) is 9.47 Å². The van der Waals surface area contributed by atoms with E-state index in [1.165, 1.54) is 10.7 Å². The molecule has 0 spiro atoms. The van der Waals surface area contributed by atoms with Crippen molar-refractivity contribution in [2.45, 2.75) is 52.2 Å². The predicted molar refractivity (Wildman–Crippen MR) is 120 cm³/mol. The molecule has 3 aromatic rings. The molecule has 0 aliphatic carbocycles. The number of carbonyl (C=O) groups is 1. The molecular formula is C23H30FN6O3+. The third-order valence-corrected chi connectivity index (χ3v) is 5.86. The highest BCUT2D eigenvalue weighted by Crippen LogP contribution is 2.34. The van der Waals surface area contributed by atoms with Gasteiger partial charge in [0, 0.05) is 18.8 Å². The Hall–Kier alpha value is -3.32. The molecule has 1 saturated heterocycles. The van der Waals surface area contributed by atoms with Gasteiger partial charge in [0.25, 0.3) is 5.75 Å². The first-order chi connectivity index (χ1) is 15.5. The monoisotopic (exact) mass is 457 g/mol. The molecule has 1 aliphatic rings. The first-order valence-corrected chi connectivity index (χ1v) is 11.0. The Morgan fingerprint density at radius 3 is 2.79 bits per heavy atom. The molecule has 0 saturated carbocycles. The second kappa shape index (κ2) is 8.23. The van der Waals surface area contributed by atoms with E-state index in [1.54, 1.807) is 44.6 Å². The number of halogens is 1. The topological polar surface area (TPSA) is 87.1 Å². The molecule has 4 heterocycles. The minimum Gasteiger partial charge on any atom is -0.477 e. The third-order valence-electron chi connectivity index (χ3n) is 5.86. The first-order valence-electron chi connectivity index (χ1n) is 11.0. The van der Waals surface area contributed by atoms with Crippen molar-refractivity contribution >= 4 is 17.6 Å². The van der Waals surface area contributed by atoms with Crippen LogP contribution in [-0.4, -0.2) is 55.9 Å². The van der Waals surface area contributed by atoms with Gasteiger partial charge in [-0.2, -0.15) is 0 Å². The van der Waals surface area contributed by atoms with Crippen LogP contribution in [0.1, 0.15) is 41.0 Å². The number of imidazole rings is 1. The first kappa shape index (κ1) is 22.9. The zero-order chi connectivity index (χ0) is 24.0. The van der Waals surface area contributed by atoms with Gasteiger partial charge in [0.1, 0.15) is 23.7 Å². The van der Waals surface area contributed by atoms with Crippen LogP contribution in [0.2, 0.25) is 0 Å². The fraction of sp³-hybridized carbons (Fsp3) is 0.522. The maximum absolute atomic E-state index is 15.1. The molecule has 3 aromatic heterocycles. The normalized spacial score (nSPS) is 18.6. The highest BCUT2D eigenvalue weighted by molar-refractivity contribution is 5.84. The van der Waals surface area contributed by atoms with Gasteiger partial charge in [-0.3, -0.25) is 10.2 Å². The third kappa shape index (κ3) is 4.59. The molecule has 10 heteroatoms. The van der Waals surface area contributed by atoms with Crippen molar-refractivity contribution in [2.24, 2.45) is 7.05 Å². The van der Waals surface area contributed by atoms with Crippen molar-refractivity contribution in [2.75, 3.05) is 25.0 Å². The fourth-order valence-electron chi connectivity index (χ4n) is 4.00. The van der Waals surface area contributed by atoms with Crippen LogP contribution in [0.25, 0.3) is 16.9 Å². The molecule has 1 N–H and O–H groups in total. The zero-order valence-electron chi connectivity index (χ0n) is 19.9. The smallest absolute Gasteiger partial charge is 0.413 e. The Morgan fingerprint density at radius 1 is 1.39 bits per heavy atom. The van der Waals surface area contributed by atoms with Crippen molar-refractivity contribution in [3.05, 3.63) is 30.5 Å². The van der Waals surface area contributed by atoms with Crippen molar-refractivity contribution in [1.29, 1.82) is 0 Å². The molecule has 1 aliphatic heterocycles. The van der Waals surface area contributed by atoms with Gasteiger partial charge >= 0.3 is 12.3 Å². The average Bonchev–Trinajstić information content (AvgIpc) is 3.25. The van der Waals surface area contributed by atoms with E-state index in [9.17, 15) is 4.79 Å². The van der Waals surface area contributed by atoms with Gasteiger partial charge in [-0.1, -0.05) is 6.92 Å². The van der Waals surface area contributed by atoms with E-state index in [2.05, 4.69) is 40.3 Å². The van der Waals surface area contributed by atoms with Crippen LogP contribution in [0.5, 0.6) is 5.75 Å². The van der Waals surface area contributed by atoms with Gasteiger partial charge in [0.15, 0.2) is 11.5 Å². The number of rotatable bonds is 6. The standard InChI is InChI=1S/C23H29FN6O3/c1-7-30-9-8-23(30,5)14-32-17-11-25-28(6)20(17)15-12-29-13-18(26-19(29)10-16(15)24)27-21(31)33-22(2,3)4/h10,12-13H,7-9,14H2,1-6H3/p+1. The number of pyridine rings is 1. The van der Waals surface area contributed by atoms with Crippen molar-refractivity contribution < 1.29 is 23.8 Å². The molecule has 9 nitrogen and oxygen atoms in total. The average molecular weight is 458 g/mol. The van der Waals surface area contributed by atoms with E-state index >= 15 is 4.39 Å². The van der Waals surface area contributed by atoms with Gasteiger partial charge in [0.05, 0.1) is 29.4 Å². The summed E-state index contributed by atoms with van der Waals surface area (Å²) < 4.78 is 29.6. The number of aromatic nitrogens is 4. The van der Waals surface area contributed by atoms with Gasteiger partial charge in [-0.05, 0) is 45.3 Å². The maximum atomic E-state index is 15.1. The second-order valence-corrected chi connectivity index (χ2v) is 9.58. The maximum Gasteiger partial charge on any atom is 0.413 e. The van der Waals surface area contributed by atoms with Crippen LogP contribution < -0.4 is 15.2 Å². The molecular weight excluding hydrogens is 427 g/mol. The molecule has 0 radical (unpaired) electrons. The molecule has 1 amide bonds. The summed E-state index contributed by atoms with van der Waals surface area (Å²) in [6.07, 6.45) is 6.46. The second-order valence-electron chi connectivity index (χ2n) is 9.58. The summed E-state index contributed by atoms with van der Waals surface area (Å²) in [5.74, 6) is 0.169. The summed E-state index contributed by atoms with van der Waals surface area (Å²) in [5, 5.41) is 6.74. The highest BCUT2D eigenvalue weighted by Gasteiger charge is 2.40. The number of hydrogen-bond acceptors (Lipinski definition) is 5. The summed E-state index contributed by atoms with van der Waals surface area (Å²) in [6, 6.07) is 1.30. The van der Waals surface area contributed by atoms with E-state index < -0.39 is 17.5 Å². The lowest BCUT2D eigenvalue weighted by Gasteiger charge is -2.49. The van der Waals surface area contributed by atoms with Crippen molar-refractivity contribution in [3.63, 3.8) is 0 Å². The van der Waals surface area contributed by atoms with Crippen LogP contribution in [0.4, 0.5) is 15.0 Å². The number of ether oxygens (including phenoxy) is 2. The van der Waals surface area contributed by atoms with E-state index in [0.717, 1.165) is 19.5 Å². The number of likely N-dealkylation sites (tertiary alicyclic amines) is 1. The van der Waals surface area contributed by atoms with Gasteiger partial charge in [-0.25, -0.2) is 14.2 Å². The molecule has 0 bridgehead atoms. The number of nitrogens with zero attached hydrogens (tertiary/aromatic N) is 5. The van der Waals surface area contributed by atoms with Crippen LogP contribution in [0.15, 0.2) is 18.5 Å². The Bertz CT molecular complexity index is 1180. The van der Waals surface area contributed by atoms with E-state index in [0.29, 0.717) is 29.3 Å². The summed E-state index contributed by atoms with van der Waals surface area (Å²) in [4.78, 5) is 18.7. The molecule has 1 fully saturated rings. The molecule has 4 rings (SSSR count). The number of anilines is 1. The van der Waals surface area contributed by atoms with E-state index in [-0.39, 0.29) is 11.4 Å². The number of nitrogens with one attached hydrogen (secondary N) is 1. The van der Waals surface area contributed by atoms with Crippen molar-refractivity contribution in [1.82, 2.24) is 19.0 Å². The van der Waals surface area contributed by atoms with E-state index in [1.807, 2.05) is 0 Å². The minimum atomic E-state index is -0.639. The lowest BCUT2D eigenvalue weighted by atomic mass is 9.87. The Balaban J connectivity index is 1.59. The summed E-state index contributed by atoms with van der Waals surface area (Å²) >= 11 is 0. The molecule has 1 atom stereocenters. The lowest BCUT2D eigenvalue weighted by Crippen LogP contribution is -2.60. The van der Waals surface area contributed by atoms with Crippen LogP contribution in [0, 0.1) is 12.0 Å². The van der Waals surface area contributed by atoms with Crippen LogP contribution in [0.3, 0.4) is 0 Å². The largest absolute Gasteiger partial charge is 0.477 e. The molecule has 33 heavy (non-hydrogen) atoms. The summed E-state index contributed by atoms with van der Waals surface area (Å²) in [5.41, 5.74) is 0.429. The fourth-order valence-corrected chi connectivity index (χ4v) is 4.00. The Kier molecular flexibility index (Phi) is 5.70. The number of carbonyl (C=O) groups excluding carboxylic acids is 1. The number of likely N-dealkylation sites (N-methyl/N-ethyl adjacent to an activating group) is 1. The number of hydrogen-bond donors (Lipinski definition) is 1. The van der Waals surface area contributed by atoms with Gasteiger partial charge < -0.3 is 13.9 Å². The summed E-state index contributed by atoms with van der Waals surface area (Å²) in [6.45, 7) is 12.1. The zero-order valence-corrected chi connectivity index (χ0v) is 19.9. The van der Waals surface area contributed by atoms with Crippen LogP contribution in [-0.2, 0) is 11.8 Å². The molecule has 176 valence electrons.